The predicted octanol–water partition coefficient (Wildman–Crippen LogP) is 4.10. The third-order valence-corrected chi connectivity index (χ3v) is 6.30. The Bertz CT molecular complexity index is 961. The third kappa shape index (κ3) is 5.29. The number of aromatic amines is 1. The van der Waals surface area contributed by atoms with Gasteiger partial charge in [0, 0.05) is 49.7 Å². The molecule has 1 aromatic carbocycles. The number of amides is 1. The topological polar surface area (TPSA) is 61.5 Å². The van der Waals surface area contributed by atoms with Gasteiger partial charge in [0.15, 0.2) is 0 Å². The summed E-state index contributed by atoms with van der Waals surface area (Å²) in [5.74, 6) is 2.01. The first-order chi connectivity index (χ1) is 14.6. The van der Waals surface area contributed by atoms with Gasteiger partial charge in [0.25, 0.3) is 5.91 Å². The highest BCUT2D eigenvalue weighted by Crippen LogP contribution is 2.23. The van der Waals surface area contributed by atoms with Gasteiger partial charge in [-0.3, -0.25) is 9.69 Å². The highest BCUT2D eigenvalue weighted by molar-refractivity contribution is 7.13. The van der Waals surface area contributed by atoms with Crippen molar-refractivity contribution in [2.45, 2.75) is 39.0 Å². The monoisotopic (exact) mass is 424 g/mol. The van der Waals surface area contributed by atoms with Gasteiger partial charge in [-0.1, -0.05) is 12.1 Å². The summed E-state index contributed by atoms with van der Waals surface area (Å²) < 4.78 is 6.25. The Hall–Kier alpha value is -2.64. The van der Waals surface area contributed by atoms with Gasteiger partial charge in [0.2, 0.25) is 0 Å². The molecular weight excluding hydrogens is 396 g/mol. The van der Waals surface area contributed by atoms with Crippen molar-refractivity contribution in [3.05, 3.63) is 69.9 Å². The fraction of sp³-hybridized carbons (Fsp3) is 0.391. The van der Waals surface area contributed by atoms with E-state index in [0.717, 1.165) is 55.5 Å². The normalized spacial score (nSPS) is 15.0. The summed E-state index contributed by atoms with van der Waals surface area (Å²) in [4.78, 5) is 26.2. The lowest BCUT2D eigenvalue weighted by Crippen LogP contribution is -2.41. The summed E-state index contributed by atoms with van der Waals surface area (Å²) in [5.41, 5.74) is 1.21. The van der Waals surface area contributed by atoms with E-state index in [1.807, 2.05) is 42.3 Å². The first kappa shape index (κ1) is 20.6. The van der Waals surface area contributed by atoms with Crippen LogP contribution >= 0.6 is 11.3 Å². The van der Waals surface area contributed by atoms with E-state index in [4.69, 9.17) is 4.74 Å². The van der Waals surface area contributed by atoms with Crippen LogP contribution in [0.25, 0.3) is 0 Å². The molecule has 4 rings (SSSR count). The number of hydrogen-bond acceptors (Lipinski definition) is 5. The van der Waals surface area contributed by atoms with Crippen LogP contribution in [-0.2, 0) is 13.1 Å². The number of aryl methyl sites for hydroxylation is 1. The van der Waals surface area contributed by atoms with Gasteiger partial charge >= 0.3 is 0 Å². The SMILES string of the molecule is Cc1ccc(C(=O)N2CCC(Oc3cccc(CN(C)Cc4ncc[nH]4)c3)CC2)s1. The molecule has 30 heavy (non-hydrogen) atoms. The van der Waals surface area contributed by atoms with Crippen molar-refractivity contribution in [3.8, 4) is 5.75 Å². The predicted molar refractivity (Wildman–Crippen MR) is 119 cm³/mol. The summed E-state index contributed by atoms with van der Waals surface area (Å²) in [7, 11) is 2.08. The number of likely N-dealkylation sites (tertiary alicyclic amines) is 1. The van der Waals surface area contributed by atoms with Crippen LogP contribution in [0, 0.1) is 6.92 Å². The maximum Gasteiger partial charge on any atom is 0.263 e. The molecule has 158 valence electrons. The van der Waals surface area contributed by atoms with Crippen molar-refractivity contribution in [3.63, 3.8) is 0 Å². The molecule has 0 saturated carbocycles. The Balaban J connectivity index is 1.28. The number of nitrogens with one attached hydrogen (secondary N) is 1. The molecule has 1 saturated heterocycles. The average Bonchev–Trinajstić information content (AvgIpc) is 3.40. The number of hydrogen-bond donors (Lipinski definition) is 1. The van der Waals surface area contributed by atoms with Gasteiger partial charge in [-0.05, 0) is 43.8 Å². The standard InChI is InChI=1S/C23H28N4O2S/c1-17-6-7-21(30-17)23(28)27-12-8-19(9-13-27)29-20-5-3-4-18(14-20)15-26(2)16-22-24-10-11-25-22/h3-7,10-11,14,19H,8-9,12-13,15-16H2,1-2H3,(H,24,25). The summed E-state index contributed by atoms with van der Waals surface area (Å²) in [6.45, 7) is 5.11. The number of aromatic nitrogens is 2. The van der Waals surface area contributed by atoms with Gasteiger partial charge in [-0.15, -0.1) is 11.3 Å². The zero-order chi connectivity index (χ0) is 20.9. The zero-order valence-corrected chi connectivity index (χ0v) is 18.3. The van der Waals surface area contributed by atoms with Crippen LogP contribution in [0.2, 0.25) is 0 Å². The number of piperidine rings is 1. The number of carbonyl (C=O) groups is 1. The molecule has 1 fully saturated rings. The molecule has 6 nitrogen and oxygen atoms in total. The fourth-order valence-electron chi connectivity index (χ4n) is 3.80. The molecule has 0 unspecified atom stereocenters. The molecule has 0 bridgehead atoms. The Morgan fingerprint density at radius 2 is 2.10 bits per heavy atom. The van der Waals surface area contributed by atoms with Crippen LogP contribution in [0.4, 0.5) is 0 Å². The summed E-state index contributed by atoms with van der Waals surface area (Å²) in [6.07, 6.45) is 5.49. The largest absolute Gasteiger partial charge is 0.490 e. The summed E-state index contributed by atoms with van der Waals surface area (Å²) >= 11 is 1.57. The van der Waals surface area contributed by atoms with Crippen molar-refractivity contribution in [1.29, 1.82) is 0 Å². The first-order valence-corrected chi connectivity index (χ1v) is 11.2. The number of ether oxygens (including phenoxy) is 1. The molecule has 3 heterocycles. The van der Waals surface area contributed by atoms with Gasteiger partial charge in [0.05, 0.1) is 11.4 Å². The molecule has 1 aliphatic rings. The van der Waals surface area contributed by atoms with E-state index in [1.165, 1.54) is 10.4 Å². The van der Waals surface area contributed by atoms with Gasteiger partial charge in [-0.25, -0.2) is 4.98 Å². The second-order valence-corrected chi connectivity index (χ2v) is 9.16. The van der Waals surface area contributed by atoms with Crippen LogP contribution in [0.5, 0.6) is 5.75 Å². The second kappa shape index (κ2) is 9.45. The molecule has 1 amide bonds. The summed E-state index contributed by atoms with van der Waals surface area (Å²) in [6, 6.07) is 12.2. The highest BCUT2D eigenvalue weighted by atomic mass is 32.1. The van der Waals surface area contributed by atoms with Gasteiger partial charge in [0.1, 0.15) is 17.7 Å². The minimum atomic E-state index is 0.146. The molecule has 0 spiro atoms. The molecule has 1 N–H and O–H groups in total. The minimum absolute atomic E-state index is 0.146. The minimum Gasteiger partial charge on any atom is -0.490 e. The van der Waals surface area contributed by atoms with E-state index in [0.29, 0.717) is 0 Å². The smallest absolute Gasteiger partial charge is 0.263 e. The number of benzene rings is 1. The molecular formula is C23H28N4O2S. The number of rotatable bonds is 7. The van der Waals surface area contributed by atoms with Crippen LogP contribution in [0.15, 0.2) is 48.8 Å². The molecule has 7 heteroatoms. The molecule has 0 aliphatic carbocycles. The Morgan fingerprint density at radius 1 is 1.27 bits per heavy atom. The van der Waals surface area contributed by atoms with Crippen LogP contribution in [-0.4, -0.2) is 51.9 Å². The molecule has 2 aromatic heterocycles. The Morgan fingerprint density at radius 3 is 2.80 bits per heavy atom. The maximum absolute atomic E-state index is 12.6. The number of H-pyrrole nitrogens is 1. The molecule has 0 radical (unpaired) electrons. The number of nitrogens with zero attached hydrogens (tertiary/aromatic N) is 3. The second-order valence-electron chi connectivity index (χ2n) is 7.88. The van der Waals surface area contributed by atoms with Crippen molar-refractivity contribution >= 4 is 17.2 Å². The fourth-order valence-corrected chi connectivity index (χ4v) is 4.63. The Labute approximate surface area is 181 Å². The number of thiophene rings is 1. The number of carbonyl (C=O) groups excluding carboxylic acids is 1. The van der Waals surface area contributed by atoms with E-state index >= 15 is 0 Å². The lowest BCUT2D eigenvalue weighted by atomic mass is 10.1. The molecule has 3 aromatic rings. The molecule has 0 atom stereocenters. The first-order valence-electron chi connectivity index (χ1n) is 10.3. The average molecular weight is 425 g/mol. The van der Waals surface area contributed by atoms with Crippen LogP contribution in [0.3, 0.4) is 0 Å². The van der Waals surface area contributed by atoms with E-state index < -0.39 is 0 Å². The van der Waals surface area contributed by atoms with E-state index in [2.05, 4.69) is 34.0 Å². The quantitative estimate of drug-likeness (QED) is 0.620. The van der Waals surface area contributed by atoms with E-state index in [-0.39, 0.29) is 12.0 Å². The lowest BCUT2D eigenvalue weighted by Gasteiger charge is -2.32. The van der Waals surface area contributed by atoms with Crippen molar-refractivity contribution in [2.75, 3.05) is 20.1 Å². The lowest BCUT2D eigenvalue weighted by molar-refractivity contribution is 0.0600. The third-order valence-electron chi connectivity index (χ3n) is 5.31. The van der Waals surface area contributed by atoms with Gasteiger partial charge < -0.3 is 14.6 Å². The maximum atomic E-state index is 12.6. The van der Waals surface area contributed by atoms with Crippen LogP contribution < -0.4 is 4.74 Å². The van der Waals surface area contributed by atoms with Gasteiger partial charge in [-0.2, -0.15) is 0 Å². The van der Waals surface area contributed by atoms with E-state index in [1.54, 1.807) is 17.5 Å². The van der Waals surface area contributed by atoms with E-state index in [9.17, 15) is 4.79 Å². The van der Waals surface area contributed by atoms with Crippen molar-refractivity contribution in [2.24, 2.45) is 0 Å². The molecule has 1 aliphatic heterocycles. The number of imidazole rings is 1. The Kier molecular flexibility index (Phi) is 6.50. The van der Waals surface area contributed by atoms with Crippen molar-refractivity contribution in [1.82, 2.24) is 19.8 Å². The van der Waals surface area contributed by atoms with Crippen LogP contribution in [0.1, 0.15) is 38.8 Å². The summed E-state index contributed by atoms with van der Waals surface area (Å²) in [5, 5.41) is 0. The highest BCUT2D eigenvalue weighted by Gasteiger charge is 2.25. The zero-order valence-electron chi connectivity index (χ0n) is 17.5. The van der Waals surface area contributed by atoms with Crippen molar-refractivity contribution < 1.29 is 9.53 Å².